The predicted octanol–water partition coefficient (Wildman–Crippen LogP) is 2.34. The minimum absolute atomic E-state index is 0.165. The molecule has 3 N–H and O–H groups in total. The molecule has 0 radical (unpaired) electrons. The summed E-state index contributed by atoms with van der Waals surface area (Å²) < 4.78 is 13.7. The topological polar surface area (TPSA) is 95.5 Å². The van der Waals surface area contributed by atoms with Crippen LogP contribution in [0.15, 0.2) is 24.3 Å². The van der Waals surface area contributed by atoms with Gasteiger partial charge in [0.15, 0.2) is 0 Å². The second-order valence-electron chi connectivity index (χ2n) is 6.22. The fraction of sp³-hybridized carbons (Fsp3) is 0.500. The summed E-state index contributed by atoms with van der Waals surface area (Å²) in [4.78, 5) is 35.9. The van der Waals surface area contributed by atoms with Gasteiger partial charge >= 0.3 is 5.97 Å². The molecule has 0 saturated carbocycles. The third-order valence-electron chi connectivity index (χ3n) is 3.82. The third-order valence-corrected chi connectivity index (χ3v) is 3.82. The van der Waals surface area contributed by atoms with Crippen LogP contribution in [0.25, 0.3) is 0 Å². The van der Waals surface area contributed by atoms with Crippen LogP contribution in [0, 0.1) is 11.7 Å². The summed E-state index contributed by atoms with van der Waals surface area (Å²) in [5.74, 6) is -3.41. The first-order valence-corrected chi connectivity index (χ1v) is 8.36. The van der Waals surface area contributed by atoms with E-state index in [9.17, 15) is 23.9 Å². The molecule has 0 aliphatic heterocycles. The highest BCUT2D eigenvalue weighted by molar-refractivity contribution is 5.98. The molecule has 0 heterocycles. The molecule has 138 valence electrons. The van der Waals surface area contributed by atoms with Crippen LogP contribution < -0.4 is 10.6 Å². The van der Waals surface area contributed by atoms with Gasteiger partial charge in [-0.1, -0.05) is 45.7 Å². The van der Waals surface area contributed by atoms with Crippen molar-refractivity contribution in [3.8, 4) is 0 Å². The summed E-state index contributed by atoms with van der Waals surface area (Å²) in [5, 5.41) is 14.2. The van der Waals surface area contributed by atoms with Crippen LogP contribution >= 0.6 is 0 Å². The molecule has 1 rings (SSSR count). The average Bonchev–Trinajstić information content (AvgIpc) is 2.55. The fourth-order valence-electron chi connectivity index (χ4n) is 2.33. The number of carboxylic acids is 1. The number of rotatable bonds is 9. The maximum absolute atomic E-state index is 13.7. The Hall–Kier alpha value is -2.44. The van der Waals surface area contributed by atoms with Gasteiger partial charge in [0, 0.05) is 0 Å². The van der Waals surface area contributed by atoms with Crippen LogP contribution in [-0.2, 0) is 9.59 Å². The Morgan fingerprint density at radius 1 is 1.16 bits per heavy atom. The number of halogens is 1. The molecule has 6 nitrogen and oxygen atoms in total. The van der Waals surface area contributed by atoms with Crippen LogP contribution in [0.2, 0.25) is 0 Å². The Morgan fingerprint density at radius 3 is 2.32 bits per heavy atom. The van der Waals surface area contributed by atoms with E-state index in [1.807, 2.05) is 6.92 Å². The first-order chi connectivity index (χ1) is 11.8. The van der Waals surface area contributed by atoms with Crippen LogP contribution in [0.3, 0.4) is 0 Å². The number of amides is 2. The van der Waals surface area contributed by atoms with Crippen molar-refractivity contribution in [2.45, 2.75) is 52.1 Å². The molecule has 7 heteroatoms. The molecule has 1 aromatic carbocycles. The lowest BCUT2D eigenvalue weighted by atomic mass is 10.0. The largest absolute Gasteiger partial charge is 0.480 e. The number of nitrogens with one attached hydrogen (secondary N) is 2. The standard InChI is InChI=1S/C18H25FN2O4/c1-4-5-10-14(18(24)25)20-17(23)15(11(2)3)21-16(22)12-8-6-7-9-13(12)19/h6-9,11,14-15H,4-5,10H2,1-3H3,(H,20,23)(H,21,22)(H,24,25). The number of benzene rings is 1. The van der Waals surface area contributed by atoms with Gasteiger partial charge in [0.25, 0.3) is 5.91 Å². The maximum atomic E-state index is 13.7. The second-order valence-corrected chi connectivity index (χ2v) is 6.22. The zero-order valence-corrected chi connectivity index (χ0v) is 14.7. The fourth-order valence-corrected chi connectivity index (χ4v) is 2.33. The van der Waals surface area contributed by atoms with Crippen LogP contribution in [-0.4, -0.2) is 35.0 Å². The van der Waals surface area contributed by atoms with Crippen molar-refractivity contribution < 1.29 is 23.9 Å². The highest BCUT2D eigenvalue weighted by Crippen LogP contribution is 2.10. The maximum Gasteiger partial charge on any atom is 0.326 e. The zero-order chi connectivity index (χ0) is 19.0. The van der Waals surface area contributed by atoms with E-state index in [-0.39, 0.29) is 11.5 Å². The van der Waals surface area contributed by atoms with E-state index < -0.39 is 35.7 Å². The highest BCUT2D eigenvalue weighted by Gasteiger charge is 2.29. The lowest BCUT2D eigenvalue weighted by Crippen LogP contribution is -2.53. The Kier molecular flexibility index (Phi) is 8.04. The van der Waals surface area contributed by atoms with Crippen molar-refractivity contribution in [3.63, 3.8) is 0 Å². The van der Waals surface area contributed by atoms with E-state index in [0.717, 1.165) is 12.5 Å². The van der Waals surface area contributed by atoms with Crippen molar-refractivity contribution in [2.75, 3.05) is 0 Å². The molecule has 2 unspecified atom stereocenters. The lowest BCUT2D eigenvalue weighted by molar-refractivity contribution is -0.142. The number of unbranched alkanes of at least 4 members (excludes halogenated alkanes) is 1. The minimum Gasteiger partial charge on any atom is -0.480 e. The van der Waals surface area contributed by atoms with Gasteiger partial charge in [-0.25, -0.2) is 9.18 Å². The van der Waals surface area contributed by atoms with Crippen LogP contribution in [0.1, 0.15) is 50.4 Å². The summed E-state index contributed by atoms with van der Waals surface area (Å²) in [6, 6.07) is 3.48. The van der Waals surface area contributed by atoms with Gasteiger partial charge in [-0.3, -0.25) is 9.59 Å². The molecule has 25 heavy (non-hydrogen) atoms. The summed E-state index contributed by atoms with van der Waals surface area (Å²) in [5.41, 5.74) is -0.165. The van der Waals surface area contributed by atoms with E-state index in [2.05, 4.69) is 10.6 Å². The monoisotopic (exact) mass is 352 g/mol. The van der Waals surface area contributed by atoms with E-state index in [1.54, 1.807) is 13.8 Å². The normalized spacial score (nSPS) is 13.2. The van der Waals surface area contributed by atoms with E-state index in [0.29, 0.717) is 12.8 Å². The molecule has 0 aromatic heterocycles. The van der Waals surface area contributed by atoms with Gasteiger partial charge in [0.1, 0.15) is 17.9 Å². The van der Waals surface area contributed by atoms with Crippen molar-refractivity contribution in [2.24, 2.45) is 5.92 Å². The highest BCUT2D eigenvalue weighted by atomic mass is 19.1. The molecule has 2 amide bonds. The van der Waals surface area contributed by atoms with Gasteiger partial charge in [0.2, 0.25) is 5.91 Å². The molecule has 0 aliphatic carbocycles. The molecular formula is C18H25FN2O4. The molecule has 0 aliphatic rings. The Labute approximate surface area is 146 Å². The molecule has 0 fully saturated rings. The van der Waals surface area contributed by atoms with E-state index in [4.69, 9.17) is 0 Å². The average molecular weight is 352 g/mol. The van der Waals surface area contributed by atoms with Gasteiger partial charge in [-0.05, 0) is 24.5 Å². The molecule has 0 spiro atoms. The number of carbonyl (C=O) groups is 3. The smallest absolute Gasteiger partial charge is 0.326 e. The van der Waals surface area contributed by atoms with Crippen LogP contribution in [0.5, 0.6) is 0 Å². The summed E-state index contributed by atoms with van der Waals surface area (Å²) >= 11 is 0. The van der Waals surface area contributed by atoms with Gasteiger partial charge in [0.05, 0.1) is 5.56 Å². The van der Waals surface area contributed by atoms with Crippen molar-refractivity contribution >= 4 is 17.8 Å². The quantitative estimate of drug-likeness (QED) is 0.636. The number of carboxylic acid groups (broad SMARTS) is 1. The summed E-state index contributed by atoms with van der Waals surface area (Å²) in [7, 11) is 0. The van der Waals surface area contributed by atoms with E-state index >= 15 is 0 Å². The van der Waals surface area contributed by atoms with Crippen LogP contribution in [0.4, 0.5) is 4.39 Å². The van der Waals surface area contributed by atoms with Gasteiger partial charge in [-0.15, -0.1) is 0 Å². The first-order valence-electron chi connectivity index (χ1n) is 8.36. The molecule has 1 aromatic rings. The lowest BCUT2D eigenvalue weighted by Gasteiger charge is -2.24. The molecule has 2 atom stereocenters. The summed E-state index contributed by atoms with van der Waals surface area (Å²) in [6.45, 7) is 5.35. The minimum atomic E-state index is -1.12. The number of carbonyl (C=O) groups excluding carboxylic acids is 2. The Morgan fingerprint density at radius 2 is 1.80 bits per heavy atom. The van der Waals surface area contributed by atoms with E-state index in [1.165, 1.54) is 18.2 Å². The van der Waals surface area contributed by atoms with Crippen molar-refractivity contribution in [3.05, 3.63) is 35.6 Å². The number of aliphatic carboxylic acids is 1. The zero-order valence-electron chi connectivity index (χ0n) is 14.7. The molecular weight excluding hydrogens is 327 g/mol. The molecule has 0 saturated heterocycles. The molecule has 0 bridgehead atoms. The van der Waals surface area contributed by atoms with Crippen molar-refractivity contribution in [1.29, 1.82) is 0 Å². The van der Waals surface area contributed by atoms with Crippen molar-refractivity contribution in [1.82, 2.24) is 10.6 Å². The van der Waals surface area contributed by atoms with Gasteiger partial charge in [-0.2, -0.15) is 0 Å². The first kappa shape index (κ1) is 20.6. The second kappa shape index (κ2) is 9.76. The third kappa shape index (κ3) is 6.17. The number of hydrogen-bond donors (Lipinski definition) is 3. The Balaban J connectivity index is 2.84. The number of hydrogen-bond acceptors (Lipinski definition) is 3. The predicted molar refractivity (Wildman–Crippen MR) is 91.6 cm³/mol. The van der Waals surface area contributed by atoms with Gasteiger partial charge < -0.3 is 15.7 Å². The Bertz CT molecular complexity index is 619. The SMILES string of the molecule is CCCCC(NC(=O)C(NC(=O)c1ccccc1F)C(C)C)C(=O)O. The summed E-state index contributed by atoms with van der Waals surface area (Å²) in [6.07, 6.45) is 1.77.